The van der Waals surface area contributed by atoms with E-state index in [1.54, 1.807) is 18.2 Å². The topological polar surface area (TPSA) is 45.8 Å². The van der Waals surface area contributed by atoms with Crippen LogP contribution in [0.4, 0.5) is 4.39 Å². The third-order valence-corrected chi connectivity index (χ3v) is 3.83. The summed E-state index contributed by atoms with van der Waals surface area (Å²) in [5, 5.41) is 9.05. The number of morpholine rings is 1. The predicted molar refractivity (Wildman–Crippen MR) is 79.6 cm³/mol. The number of hydrogen-bond acceptors (Lipinski definition) is 4. The first-order valence-electron chi connectivity index (χ1n) is 7.46. The Hall–Kier alpha value is -1.69. The van der Waals surface area contributed by atoms with Gasteiger partial charge >= 0.3 is 0 Å². The van der Waals surface area contributed by atoms with E-state index in [1.807, 2.05) is 13.0 Å². The highest BCUT2D eigenvalue weighted by Crippen LogP contribution is 2.26. The Kier molecular flexibility index (Phi) is 4.57. The van der Waals surface area contributed by atoms with Crippen LogP contribution in [0.25, 0.3) is 0 Å². The molecule has 22 heavy (non-hydrogen) atoms. The van der Waals surface area contributed by atoms with Gasteiger partial charge < -0.3 is 14.3 Å². The molecular formula is C17H20FNO3. The van der Waals surface area contributed by atoms with Crippen molar-refractivity contribution in [2.45, 2.75) is 32.3 Å². The van der Waals surface area contributed by atoms with Gasteiger partial charge in [0.2, 0.25) is 0 Å². The smallest absolute Gasteiger partial charge is 0.129 e. The largest absolute Gasteiger partial charge is 0.462 e. The molecule has 2 aromatic rings. The van der Waals surface area contributed by atoms with Crippen LogP contribution in [-0.2, 0) is 17.9 Å². The van der Waals surface area contributed by atoms with Gasteiger partial charge in [-0.05, 0) is 36.8 Å². The zero-order chi connectivity index (χ0) is 15.5. The zero-order valence-electron chi connectivity index (χ0n) is 12.5. The summed E-state index contributed by atoms with van der Waals surface area (Å²) in [6.45, 7) is 4.16. The van der Waals surface area contributed by atoms with Crippen LogP contribution in [0.2, 0.25) is 0 Å². The van der Waals surface area contributed by atoms with Crippen LogP contribution in [0.5, 0.6) is 0 Å². The lowest BCUT2D eigenvalue weighted by Crippen LogP contribution is -2.42. The fourth-order valence-corrected chi connectivity index (χ4v) is 2.84. The summed E-state index contributed by atoms with van der Waals surface area (Å²) >= 11 is 0. The molecule has 1 N–H and O–H groups in total. The summed E-state index contributed by atoms with van der Waals surface area (Å²) in [5.74, 6) is 1.17. The maximum absolute atomic E-state index is 13.0. The minimum atomic E-state index is -0.239. The quantitative estimate of drug-likeness (QED) is 0.943. The van der Waals surface area contributed by atoms with Gasteiger partial charge in [0.1, 0.15) is 23.9 Å². The van der Waals surface area contributed by atoms with Crippen molar-refractivity contribution in [3.63, 3.8) is 0 Å². The third-order valence-electron chi connectivity index (χ3n) is 3.83. The van der Waals surface area contributed by atoms with Crippen molar-refractivity contribution in [3.8, 4) is 0 Å². The van der Waals surface area contributed by atoms with Gasteiger partial charge in [-0.15, -0.1) is 0 Å². The van der Waals surface area contributed by atoms with Crippen molar-refractivity contribution >= 4 is 0 Å². The fourth-order valence-electron chi connectivity index (χ4n) is 2.84. The standard InChI is InChI=1S/C17H20FNO3/c1-12-8-19(9-15-6-7-16(11-20)22-15)10-17(21-12)13-2-4-14(18)5-3-13/h2-7,12,17,20H,8-11H2,1H3/t12-,17-/m1/s1. The molecule has 1 aromatic carbocycles. The predicted octanol–water partition coefficient (Wildman–Crippen LogP) is 2.87. The van der Waals surface area contributed by atoms with E-state index in [-0.39, 0.29) is 24.6 Å². The summed E-state index contributed by atoms with van der Waals surface area (Å²) in [6, 6.07) is 10.1. The number of nitrogens with zero attached hydrogens (tertiary/aromatic N) is 1. The Labute approximate surface area is 129 Å². The number of hydrogen-bond donors (Lipinski definition) is 1. The molecule has 1 aliphatic rings. The summed E-state index contributed by atoms with van der Waals surface area (Å²) in [5.41, 5.74) is 0.980. The summed E-state index contributed by atoms with van der Waals surface area (Å²) < 4.78 is 24.6. The number of furan rings is 1. The molecule has 4 nitrogen and oxygen atoms in total. The van der Waals surface area contributed by atoms with Crippen LogP contribution in [-0.4, -0.2) is 29.2 Å². The first-order valence-corrected chi connectivity index (χ1v) is 7.46. The number of ether oxygens (including phenoxy) is 1. The summed E-state index contributed by atoms with van der Waals surface area (Å²) in [7, 11) is 0. The van der Waals surface area contributed by atoms with Crippen molar-refractivity contribution in [1.29, 1.82) is 0 Å². The molecule has 118 valence electrons. The number of aliphatic hydroxyl groups is 1. The molecular weight excluding hydrogens is 285 g/mol. The van der Waals surface area contributed by atoms with Crippen molar-refractivity contribution in [2.75, 3.05) is 13.1 Å². The van der Waals surface area contributed by atoms with Gasteiger partial charge in [0.25, 0.3) is 0 Å². The van der Waals surface area contributed by atoms with Crippen molar-refractivity contribution in [1.82, 2.24) is 4.90 Å². The Morgan fingerprint density at radius 2 is 1.86 bits per heavy atom. The van der Waals surface area contributed by atoms with Crippen molar-refractivity contribution < 1.29 is 18.7 Å². The van der Waals surface area contributed by atoms with E-state index in [2.05, 4.69) is 4.90 Å². The Morgan fingerprint density at radius 3 is 2.55 bits per heavy atom. The van der Waals surface area contributed by atoms with Crippen molar-refractivity contribution in [3.05, 3.63) is 59.3 Å². The molecule has 0 spiro atoms. The highest BCUT2D eigenvalue weighted by molar-refractivity contribution is 5.19. The monoisotopic (exact) mass is 305 g/mol. The van der Waals surface area contributed by atoms with Gasteiger partial charge in [0, 0.05) is 13.1 Å². The number of rotatable bonds is 4. The first kappa shape index (κ1) is 15.2. The van der Waals surface area contributed by atoms with Crippen LogP contribution < -0.4 is 0 Å². The van der Waals surface area contributed by atoms with Gasteiger partial charge in [-0.1, -0.05) is 12.1 Å². The molecule has 1 saturated heterocycles. The maximum Gasteiger partial charge on any atom is 0.129 e. The van der Waals surface area contributed by atoms with E-state index >= 15 is 0 Å². The number of benzene rings is 1. The molecule has 0 bridgehead atoms. The molecule has 1 aromatic heterocycles. The number of aliphatic hydroxyl groups excluding tert-OH is 1. The van der Waals surface area contributed by atoms with Crippen LogP contribution in [0.1, 0.15) is 30.1 Å². The van der Waals surface area contributed by atoms with Crippen LogP contribution >= 0.6 is 0 Å². The maximum atomic E-state index is 13.0. The Balaban J connectivity index is 1.69. The first-order chi connectivity index (χ1) is 10.6. The molecule has 5 heteroatoms. The second kappa shape index (κ2) is 6.60. The lowest BCUT2D eigenvalue weighted by atomic mass is 10.1. The van der Waals surface area contributed by atoms with E-state index in [1.165, 1.54) is 12.1 Å². The second-order valence-electron chi connectivity index (χ2n) is 5.71. The second-order valence-corrected chi connectivity index (χ2v) is 5.71. The Morgan fingerprint density at radius 1 is 1.14 bits per heavy atom. The highest BCUT2D eigenvalue weighted by atomic mass is 19.1. The average Bonchev–Trinajstić information content (AvgIpc) is 2.95. The molecule has 1 aliphatic heterocycles. The molecule has 2 atom stereocenters. The minimum absolute atomic E-state index is 0.0726. The zero-order valence-corrected chi connectivity index (χ0v) is 12.5. The van der Waals surface area contributed by atoms with Crippen LogP contribution in [0.15, 0.2) is 40.8 Å². The Bertz CT molecular complexity index is 611. The SMILES string of the molecule is C[C@@H]1CN(Cc2ccc(CO)o2)C[C@H](c2ccc(F)cc2)O1. The lowest BCUT2D eigenvalue weighted by molar-refractivity contribution is -0.0827. The molecule has 2 heterocycles. The van der Waals surface area contributed by atoms with E-state index in [4.69, 9.17) is 14.3 Å². The van der Waals surface area contributed by atoms with E-state index in [0.717, 1.165) is 24.4 Å². The average molecular weight is 305 g/mol. The van der Waals surface area contributed by atoms with Gasteiger partial charge in [0.15, 0.2) is 0 Å². The molecule has 0 saturated carbocycles. The van der Waals surface area contributed by atoms with Crippen LogP contribution in [0.3, 0.4) is 0 Å². The third kappa shape index (κ3) is 3.55. The van der Waals surface area contributed by atoms with Gasteiger partial charge in [-0.3, -0.25) is 4.90 Å². The van der Waals surface area contributed by atoms with Gasteiger partial charge in [0.05, 0.1) is 18.8 Å². The number of halogens is 1. The van der Waals surface area contributed by atoms with Gasteiger partial charge in [-0.25, -0.2) is 4.39 Å². The van der Waals surface area contributed by atoms with E-state index < -0.39 is 0 Å². The van der Waals surface area contributed by atoms with E-state index in [9.17, 15) is 4.39 Å². The molecule has 0 amide bonds. The molecule has 0 aliphatic carbocycles. The molecule has 3 rings (SSSR count). The van der Waals surface area contributed by atoms with E-state index in [0.29, 0.717) is 12.3 Å². The molecule has 0 radical (unpaired) electrons. The fraction of sp³-hybridized carbons (Fsp3) is 0.412. The highest BCUT2D eigenvalue weighted by Gasteiger charge is 2.27. The van der Waals surface area contributed by atoms with Crippen molar-refractivity contribution in [2.24, 2.45) is 0 Å². The normalized spacial score (nSPS) is 22.9. The van der Waals surface area contributed by atoms with Gasteiger partial charge in [-0.2, -0.15) is 0 Å². The summed E-state index contributed by atoms with van der Waals surface area (Å²) in [4.78, 5) is 2.25. The summed E-state index contributed by atoms with van der Waals surface area (Å²) in [6.07, 6.45) is 0.0210. The molecule has 0 unspecified atom stereocenters. The van der Waals surface area contributed by atoms with Crippen LogP contribution in [0, 0.1) is 5.82 Å². The lowest BCUT2D eigenvalue weighted by Gasteiger charge is -2.36. The molecule has 1 fully saturated rings. The minimum Gasteiger partial charge on any atom is -0.462 e.